The molecule has 2 radical (unpaired) electrons. The Bertz CT molecular complexity index is 6510. The third kappa shape index (κ3) is 27.9. The molecular weight excluding hydrogens is 1780 g/mol. The molecule has 4 fully saturated rings. The summed E-state index contributed by atoms with van der Waals surface area (Å²) in [6.45, 7) is 36.3. The van der Waals surface area contributed by atoms with E-state index in [-0.39, 0.29) is 65.6 Å². The minimum absolute atomic E-state index is 0. The molecule has 10 aromatic carbocycles. The van der Waals surface area contributed by atoms with Gasteiger partial charge in [0.25, 0.3) is 14.5 Å². The van der Waals surface area contributed by atoms with Crippen LogP contribution in [0.1, 0.15) is 341 Å². The van der Waals surface area contributed by atoms with E-state index in [4.69, 9.17) is 44.5 Å². The molecule has 0 saturated heterocycles. The van der Waals surface area contributed by atoms with Crippen LogP contribution in [0.3, 0.4) is 0 Å². The number of carboxylic acid groups (broad SMARTS) is 4. The molecule has 10 aromatic rings. The zero-order valence-corrected chi connectivity index (χ0v) is 85.6. The first-order valence-electron chi connectivity index (χ1n) is 49.5. The third-order valence-electron chi connectivity index (χ3n) is 29.6. The number of aliphatic hydroxyl groups excluding tert-OH is 1. The average Bonchev–Trinajstić information content (AvgIpc) is 0.723. The molecule has 8 aliphatic rings. The van der Waals surface area contributed by atoms with Crippen LogP contribution in [0.25, 0.3) is 57.3 Å². The summed E-state index contributed by atoms with van der Waals surface area (Å²) in [7, 11) is 8.79. The first kappa shape index (κ1) is 109. The Morgan fingerprint density at radius 2 is 1.05 bits per heavy atom. The van der Waals surface area contributed by atoms with Crippen molar-refractivity contribution in [1.29, 1.82) is 0 Å². The van der Waals surface area contributed by atoms with Crippen molar-refractivity contribution in [2.45, 2.75) is 254 Å². The second kappa shape index (κ2) is 47.5. The molecule has 0 spiro atoms. The average molecular weight is 1950 g/mol. The van der Waals surface area contributed by atoms with Gasteiger partial charge in [-0.15, -0.1) is 0 Å². The Hall–Kier alpha value is -12.3. The molecule has 0 amide bonds. The number of ether oxygens (including phenoxy) is 2. The fourth-order valence-electron chi connectivity index (χ4n) is 21.8. The van der Waals surface area contributed by atoms with Crippen molar-refractivity contribution in [3.05, 3.63) is 377 Å². The van der Waals surface area contributed by atoms with Gasteiger partial charge in [0.15, 0.2) is 0 Å². The molecule has 141 heavy (non-hydrogen) atoms. The predicted octanol–water partition coefficient (Wildman–Crippen LogP) is 34.4. The van der Waals surface area contributed by atoms with Crippen LogP contribution in [0, 0.1) is 23.2 Å². The van der Waals surface area contributed by atoms with E-state index in [1.54, 1.807) is 67.6 Å². The molecule has 18 rings (SSSR count). The molecule has 4 bridgehead atoms. The van der Waals surface area contributed by atoms with Crippen LogP contribution in [0.4, 0.5) is 0 Å². The van der Waals surface area contributed by atoms with Crippen molar-refractivity contribution < 1.29 is 69.1 Å². The van der Waals surface area contributed by atoms with Crippen molar-refractivity contribution in [2.24, 2.45) is 27.8 Å². The number of aliphatic hydroxyl groups is 1. The van der Waals surface area contributed by atoms with Gasteiger partial charge in [0, 0.05) is 26.8 Å². The second-order valence-corrected chi connectivity index (χ2v) is 43.4. The van der Waals surface area contributed by atoms with Gasteiger partial charge >= 0.3 is 23.9 Å². The summed E-state index contributed by atoms with van der Waals surface area (Å²) in [4.78, 5) is 54.2. The molecule has 16 heteroatoms. The molecule has 8 aliphatic carbocycles. The number of hydrogen-bond donors (Lipinski definition) is 5. The summed E-state index contributed by atoms with van der Waals surface area (Å²) in [5.41, 5.74) is 28.6. The quantitative estimate of drug-likeness (QED) is 0.0113. The van der Waals surface area contributed by atoms with Gasteiger partial charge in [0.1, 0.15) is 11.5 Å². The maximum atomic E-state index is 11.1. The van der Waals surface area contributed by atoms with Gasteiger partial charge in [0.2, 0.25) is 0 Å². The largest absolute Gasteiger partial charge is 0.496 e. The van der Waals surface area contributed by atoms with Gasteiger partial charge in [-0.05, 0) is 372 Å². The van der Waals surface area contributed by atoms with E-state index in [1.165, 1.54) is 173 Å². The molecule has 0 heterocycles. The lowest BCUT2D eigenvalue weighted by Crippen LogP contribution is -2.48. The lowest BCUT2D eigenvalue weighted by molar-refractivity contribution is -0.131. The van der Waals surface area contributed by atoms with E-state index in [0.29, 0.717) is 28.2 Å². The topological polar surface area (TPSA) is 217 Å². The van der Waals surface area contributed by atoms with E-state index in [9.17, 15) is 29.1 Å². The number of hydrogen-bond acceptors (Lipinski definition) is 9. The van der Waals surface area contributed by atoms with Crippen LogP contribution in [0.5, 0.6) is 11.5 Å². The monoisotopic (exact) mass is 1940 g/mol. The molecule has 13 nitrogen and oxygen atoms in total. The first-order chi connectivity index (χ1) is 66.8. The fraction of sp³-hybridized carbons (Fsp3) is 0.352. The number of halogens is 1. The van der Waals surface area contributed by atoms with Crippen LogP contribution in [0.15, 0.2) is 282 Å². The Morgan fingerprint density at radius 1 is 0.525 bits per heavy atom. The van der Waals surface area contributed by atoms with Crippen LogP contribution in [-0.2, 0) is 42.1 Å². The Kier molecular flexibility index (Phi) is 36.8. The summed E-state index contributed by atoms with van der Waals surface area (Å²) in [5.74, 6) is 0.622. The lowest BCUT2D eigenvalue weighted by Gasteiger charge is -2.57. The molecule has 0 aromatic heterocycles. The maximum Gasteiger partial charge on any atom is 0.335 e. The second-order valence-electron chi connectivity index (χ2n) is 42.8. The highest BCUT2D eigenvalue weighted by molar-refractivity contribution is 7.05. The summed E-state index contributed by atoms with van der Waals surface area (Å²) in [6, 6.07) is 67.8. The van der Waals surface area contributed by atoms with Gasteiger partial charge in [-0.25, -0.2) is 19.2 Å². The van der Waals surface area contributed by atoms with Crippen molar-refractivity contribution in [2.75, 3.05) is 7.11 Å². The summed E-state index contributed by atoms with van der Waals surface area (Å²) in [5, 5.41) is 49.0. The maximum absolute atomic E-state index is 11.1. The van der Waals surface area contributed by atoms with Crippen molar-refractivity contribution >= 4 is 105 Å². The van der Waals surface area contributed by atoms with Crippen LogP contribution < -0.4 is 9.47 Å². The van der Waals surface area contributed by atoms with Crippen LogP contribution >= 0.6 is 20.6 Å². The van der Waals surface area contributed by atoms with Gasteiger partial charge < -0.3 is 39.7 Å². The number of nitrogens with zero attached hydrogens (tertiary/aromatic N) is 1. The summed E-state index contributed by atoms with van der Waals surface area (Å²) in [6.07, 6.45) is 40.4. The first-order valence-corrected chi connectivity index (χ1v) is 49.3. The van der Waals surface area contributed by atoms with E-state index in [1.807, 2.05) is 80.0 Å². The number of aromatic carboxylic acids is 3. The van der Waals surface area contributed by atoms with Gasteiger partial charge in [0.05, 0.1) is 29.9 Å². The zero-order chi connectivity index (χ0) is 103. The van der Waals surface area contributed by atoms with E-state index in [0.717, 1.165) is 86.1 Å². The number of rotatable bonds is 21. The Labute approximate surface area is 857 Å². The normalized spacial score (nSPS) is 19.8. The van der Waals surface area contributed by atoms with Gasteiger partial charge in [-0.1, -0.05) is 321 Å². The highest BCUT2D eigenvalue weighted by Gasteiger charge is 2.53. The standard InChI is InChI=1S/C28H28O3.C27H23ClO2.C24H28O3.C24H28O2.C20H28O2.2CH4.BHNP.6H2/c1-30-27-7-5-24(21-2-3-23-12-25(31-17-29)6-4-22(23)11-21)13-26(27)28-14-18-8-19(15-28)10-20(9-18)16-28;1-27(2)15-14-22(19-6-4-3-5-7-19)23-16-18(9-13-24(23)27)8-10-20-11-12-21(26(29)30)17-25(20)28;1-23(2)13-14-24(3,4)20-15-18(10-11-19(20)23)21(25)12-7-16-5-8-17(9-6-16)22(26)27;1-16(14-17-6-8-18(9-7-17)22(25)26)19-10-11-20-21(15-19)24(4,5)13-12-23(20,2)3;1-15(8-6-9-16(2)14-19(21)22)11-12-18-17(3)10-7-13-20(18,4)5;;;1-2-3;;;;;;/h2-7,11-13,17-20H,8-10,14-16H2,1H3;3-14,16-17H,15H2,1-2H3,(H,29,30);5-12,15,21,25H,13-14H2,1-4H3,(H,26,27);6-11,14-15H,12-13H2,1-5H3,(H,25,26);6,8-9,11-12,14H,7,10,13H2,1-5H3,(H,21,22);2*1H4;3H;6*1H/b;10-8+;12-7+;16-14+;9-6+,12-11+,15-8-,16-14+;;;;;;;;;/i;;;;;;;;1+2T;;;;;. The summed E-state index contributed by atoms with van der Waals surface area (Å²) >= 11 is 6.27. The van der Waals surface area contributed by atoms with Crippen molar-refractivity contribution in [3.8, 4) is 22.6 Å². The SMILES string of the molecule is C.C.C/C(=C\c1ccc(C(=O)O)cc1)c1ccc2c(c1)C(C)(C)CCC2(C)C.CC1(C)CC=C(c2ccccc2)c2cc(/C=C/c3ccc(C(=O)O)cc3Cl)ccc21.CC1(C)CCC(C)(C)c2cc(C(O)/C=C/c3ccc(C(=O)O)cc3)ccc21.CC1=C(/C=C/C(C)=C\C=C\C(C)=C\C(=O)O)C(C)(C)CCC1.COc1ccc(-c2ccc3cc(OC=O)ccc3c2)cc1C12CC3CC(CC(C3)C1)C2.[3H][3H].[B]N=P.[HH].[HH].[HH].[HH].[HH]. The number of carbonyl (C=O) groups is 5. The Balaban J connectivity index is 0.000000378. The van der Waals surface area contributed by atoms with Gasteiger partial charge in [-0.2, -0.15) is 0 Å². The Morgan fingerprint density at radius 3 is 1.62 bits per heavy atom. The molecule has 0 aliphatic heterocycles. The van der Waals surface area contributed by atoms with Crippen molar-refractivity contribution in [3.63, 3.8) is 0 Å². The fourth-order valence-corrected chi connectivity index (χ4v) is 22.1. The summed E-state index contributed by atoms with van der Waals surface area (Å²) < 4.78 is 23.7. The molecule has 1 unspecified atom stereocenters. The zero-order valence-electron chi connectivity index (χ0n) is 85.8. The number of fused-ring (bicyclic) bond motifs is 4. The number of aliphatic carboxylic acids is 1. The van der Waals surface area contributed by atoms with E-state index in [2.05, 4.69) is 259 Å². The van der Waals surface area contributed by atoms with E-state index >= 15 is 0 Å². The number of benzene rings is 10. The number of carboxylic acids is 4. The van der Waals surface area contributed by atoms with Crippen LogP contribution in [0.2, 0.25) is 5.02 Å². The number of carbonyl (C=O) groups excluding carboxylic acids is 1. The minimum atomic E-state index is -0.982. The third-order valence-corrected chi connectivity index (χ3v) is 30.0. The van der Waals surface area contributed by atoms with Crippen LogP contribution in [-0.4, -0.2) is 71.0 Å². The number of methoxy groups -OCH3 is 1. The molecular formula is C125H156BClNO12P. The highest BCUT2D eigenvalue weighted by Crippen LogP contribution is 2.63. The van der Waals surface area contributed by atoms with Crippen molar-refractivity contribution in [1.82, 2.24) is 0 Å². The molecule has 1 atom stereocenters. The minimum Gasteiger partial charge on any atom is -0.496 e. The molecule has 4 saturated carbocycles. The smallest absolute Gasteiger partial charge is 0.335 e. The molecule has 5 N–H and O–H groups in total. The predicted molar refractivity (Wildman–Crippen MR) is 602 cm³/mol. The molecule has 748 valence electrons. The van der Waals surface area contributed by atoms with Gasteiger partial charge in [-0.3, -0.25) is 4.79 Å². The lowest BCUT2D eigenvalue weighted by atomic mass is 9.48. The highest BCUT2D eigenvalue weighted by atomic mass is 35.5. The van der Waals surface area contributed by atoms with E-state index < -0.39 is 30.0 Å². The number of allylic oxidation sites excluding steroid dienone is 11.